The van der Waals surface area contributed by atoms with Gasteiger partial charge < -0.3 is 10.6 Å². The van der Waals surface area contributed by atoms with E-state index in [4.69, 9.17) is 5.73 Å². The van der Waals surface area contributed by atoms with Crippen LogP contribution in [0, 0.1) is 5.92 Å². The van der Waals surface area contributed by atoms with Gasteiger partial charge in [0.1, 0.15) is 0 Å². The topological polar surface area (TPSA) is 46.3 Å². The summed E-state index contributed by atoms with van der Waals surface area (Å²) in [6.45, 7) is 5.97. The summed E-state index contributed by atoms with van der Waals surface area (Å²) in [6.07, 6.45) is 6.46. The van der Waals surface area contributed by atoms with Crippen molar-refractivity contribution >= 4 is 5.91 Å². The molecule has 1 amide bonds. The molecule has 16 heavy (non-hydrogen) atoms. The molecule has 0 saturated carbocycles. The number of amides is 1. The summed E-state index contributed by atoms with van der Waals surface area (Å²) < 4.78 is 0. The molecule has 0 aromatic heterocycles. The number of carbonyl (C=O) groups excluding carboxylic acids is 1. The number of unbranched alkanes of at least 4 members (excludes halogenated alkanes) is 1. The van der Waals surface area contributed by atoms with Crippen molar-refractivity contribution in [2.45, 2.75) is 58.4 Å². The van der Waals surface area contributed by atoms with Crippen molar-refractivity contribution in [3.63, 3.8) is 0 Å². The molecule has 2 N–H and O–H groups in total. The zero-order valence-electron chi connectivity index (χ0n) is 10.7. The average Bonchev–Trinajstić information content (AvgIpc) is 2.29. The lowest BCUT2D eigenvalue weighted by Gasteiger charge is -2.33. The minimum atomic E-state index is 0.196. The van der Waals surface area contributed by atoms with Crippen molar-refractivity contribution in [2.24, 2.45) is 11.7 Å². The average molecular weight is 226 g/mol. The Morgan fingerprint density at radius 3 is 2.81 bits per heavy atom. The zero-order chi connectivity index (χ0) is 12.0. The zero-order valence-corrected chi connectivity index (χ0v) is 10.7. The van der Waals surface area contributed by atoms with Crippen molar-refractivity contribution in [2.75, 3.05) is 13.1 Å². The number of rotatable bonds is 5. The fourth-order valence-electron chi connectivity index (χ4n) is 2.42. The summed E-state index contributed by atoms with van der Waals surface area (Å²) >= 11 is 0. The Balaban J connectivity index is 2.46. The fraction of sp³-hybridized carbons (Fsp3) is 0.923. The van der Waals surface area contributed by atoms with E-state index in [1.165, 1.54) is 6.42 Å². The third-order valence-electron chi connectivity index (χ3n) is 3.52. The summed E-state index contributed by atoms with van der Waals surface area (Å²) in [5, 5.41) is 0. The maximum atomic E-state index is 12.3. The third-order valence-corrected chi connectivity index (χ3v) is 3.52. The van der Waals surface area contributed by atoms with Crippen LogP contribution in [0.4, 0.5) is 0 Å². The molecular weight excluding hydrogens is 200 g/mol. The van der Waals surface area contributed by atoms with Crippen LogP contribution in [0.1, 0.15) is 52.4 Å². The van der Waals surface area contributed by atoms with Crippen molar-refractivity contribution in [1.82, 2.24) is 4.90 Å². The van der Waals surface area contributed by atoms with Crippen LogP contribution in [0.25, 0.3) is 0 Å². The van der Waals surface area contributed by atoms with Crippen LogP contribution in [0.5, 0.6) is 0 Å². The molecule has 0 spiro atoms. The summed E-state index contributed by atoms with van der Waals surface area (Å²) in [4.78, 5) is 14.2. The van der Waals surface area contributed by atoms with E-state index in [0.29, 0.717) is 5.91 Å². The van der Waals surface area contributed by atoms with Gasteiger partial charge in [-0.15, -0.1) is 0 Å². The first-order valence-corrected chi connectivity index (χ1v) is 6.73. The predicted molar refractivity (Wildman–Crippen MR) is 67.1 cm³/mol. The maximum Gasteiger partial charge on any atom is 0.225 e. The highest BCUT2D eigenvalue weighted by atomic mass is 16.2. The van der Waals surface area contributed by atoms with E-state index in [-0.39, 0.29) is 12.0 Å². The molecule has 3 nitrogen and oxygen atoms in total. The Hall–Kier alpha value is -0.570. The lowest BCUT2D eigenvalue weighted by Crippen LogP contribution is -2.47. The molecule has 1 aliphatic rings. The van der Waals surface area contributed by atoms with E-state index in [1.807, 2.05) is 4.90 Å². The number of carbonyl (C=O) groups is 1. The summed E-state index contributed by atoms with van der Waals surface area (Å²) in [7, 11) is 0. The van der Waals surface area contributed by atoms with E-state index >= 15 is 0 Å². The molecule has 1 saturated heterocycles. The number of hydrogen-bond acceptors (Lipinski definition) is 2. The van der Waals surface area contributed by atoms with Crippen LogP contribution >= 0.6 is 0 Å². The highest BCUT2D eigenvalue weighted by Gasteiger charge is 2.26. The molecular formula is C13H26N2O. The van der Waals surface area contributed by atoms with Gasteiger partial charge in [-0.3, -0.25) is 4.79 Å². The standard InChI is InChI=1S/C13H26N2O/c1-3-5-7-11(4-2)13(16)15-9-6-8-12(14)10-15/h11-12H,3-10,14H2,1-2H3. The second kappa shape index (κ2) is 6.89. The van der Waals surface area contributed by atoms with E-state index in [1.54, 1.807) is 0 Å². The lowest BCUT2D eigenvalue weighted by molar-refractivity contribution is -0.137. The van der Waals surface area contributed by atoms with E-state index in [9.17, 15) is 4.79 Å². The molecule has 0 aromatic rings. The Labute approximate surface area is 99.4 Å². The van der Waals surface area contributed by atoms with Gasteiger partial charge in [-0.25, -0.2) is 0 Å². The first kappa shape index (κ1) is 13.5. The molecule has 1 rings (SSSR count). The molecule has 0 aromatic carbocycles. The maximum absolute atomic E-state index is 12.3. The summed E-state index contributed by atoms with van der Waals surface area (Å²) in [5.74, 6) is 0.566. The van der Waals surface area contributed by atoms with Crippen LogP contribution in [0.15, 0.2) is 0 Å². The number of nitrogens with zero attached hydrogens (tertiary/aromatic N) is 1. The molecule has 1 aliphatic heterocycles. The van der Waals surface area contributed by atoms with E-state index < -0.39 is 0 Å². The number of likely N-dealkylation sites (tertiary alicyclic amines) is 1. The van der Waals surface area contributed by atoms with Gasteiger partial charge in [-0.2, -0.15) is 0 Å². The Bertz CT molecular complexity index is 218. The highest BCUT2D eigenvalue weighted by molar-refractivity contribution is 5.78. The van der Waals surface area contributed by atoms with Crippen molar-refractivity contribution < 1.29 is 4.79 Å². The van der Waals surface area contributed by atoms with Crippen LogP contribution in [-0.4, -0.2) is 29.9 Å². The number of nitrogens with two attached hydrogens (primary N) is 1. The molecule has 3 heteroatoms. The summed E-state index contributed by atoms with van der Waals surface area (Å²) in [5.41, 5.74) is 5.91. The van der Waals surface area contributed by atoms with Crippen LogP contribution < -0.4 is 5.73 Å². The van der Waals surface area contributed by atoms with Gasteiger partial charge in [0.25, 0.3) is 0 Å². The van der Waals surface area contributed by atoms with Gasteiger partial charge in [-0.05, 0) is 25.7 Å². The normalized spacial score (nSPS) is 23.2. The molecule has 2 unspecified atom stereocenters. The van der Waals surface area contributed by atoms with Crippen LogP contribution in [-0.2, 0) is 4.79 Å². The van der Waals surface area contributed by atoms with E-state index in [0.717, 1.165) is 45.2 Å². The Morgan fingerprint density at radius 2 is 2.25 bits per heavy atom. The first-order valence-electron chi connectivity index (χ1n) is 6.73. The first-order chi connectivity index (χ1) is 7.69. The van der Waals surface area contributed by atoms with Gasteiger partial charge in [0, 0.05) is 25.0 Å². The fourth-order valence-corrected chi connectivity index (χ4v) is 2.42. The smallest absolute Gasteiger partial charge is 0.225 e. The predicted octanol–water partition coefficient (Wildman–Crippen LogP) is 2.15. The quantitative estimate of drug-likeness (QED) is 0.781. The largest absolute Gasteiger partial charge is 0.341 e. The lowest BCUT2D eigenvalue weighted by atomic mass is 9.96. The SMILES string of the molecule is CCCCC(CC)C(=O)N1CCCC(N)C1. The number of hydrogen-bond donors (Lipinski definition) is 1. The van der Waals surface area contributed by atoms with Crippen molar-refractivity contribution in [3.8, 4) is 0 Å². The van der Waals surface area contributed by atoms with Crippen molar-refractivity contribution in [3.05, 3.63) is 0 Å². The second-order valence-electron chi connectivity index (χ2n) is 4.93. The summed E-state index contributed by atoms with van der Waals surface area (Å²) in [6, 6.07) is 0.196. The van der Waals surface area contributed by atoms with Gasteiger partial charge in [0.05, 0.1) is 0 Å². The molecule has 1 heterocycles. The molecule has 0 aliphatic carbocycles. The molecule has 0 radical (unpaired) electrons. The minimum absolute atomic E-state index is 0.196. The molecule has 0 bridgehead atoms. The van der Waals surface area contributed by atoms with Gasteiger partial charge in [0.15, 0.2) is 0 Å². The molecule has 2 atom stereocenters. The van der Waals surface area contributed by atoms with Crippen LogP contribution in [0.3, 0.4) is 0 Å². The monoisotopic (exact) mass is 226 g/mol. The van der Waals surface area contributed by atoms with Crippen LogP contribution in [0.2, 0.25) is 0 Å². The molecule has 94 valence electrons. The highest BCUT2D eigenvalue weighted by Crippen LogP contribution is 2.18. The molecule has 1 fully saturated rings. The Kier molecular flexibility index (Phi) is 5.81. The second-order valence-corrected chi connectivity index (χ2v) is 4.93. The Morgan fingerprint density at radius 1 is 1.50 bits per heavy atom. The van der Waals surface area contributed by atoms with Gasteiger partial charge in [0.2, 0.25) is 5.91 Å². The van der Waals surface area contributed by atoms with Gasteiger partial charge in [-0.1, -0.05) is 26.7 Å². The van der Waals surface area contributed by atoms with Gasteiger partial charge >= 0.3 is 0 Å². The number of piperidine rings is 1. The minimum Gasteiger partial charge on any atom is -0.341 e. The third kappa shape index (κ3) is 3.78. The van der Waals surface area contributed by atoms with Crippen molar-refractivity contribution in [1.29, 1.82) is 0 Å². The van der Waals surface area contributed by atoms with E-state index in [2.05, 4.69) is 13.8 Å².